The molecule has 3 N–H and O–H groups in total. The van der Waals surface area contributed by atoms with Gasteiger partial charge in [-0.15, -0.1) is 0 Å². The lowest BCUT2D eigenvalue weighted by molar-refractivity contribution is 0.1000. The molecule has 2 rings (SSSR count). The second kappa shape index (κ2) is 7.57. The molecule has 0 radical (unpaired) electrons. The van der Waals surface area contributed by atoms with Crippen LogP contribution < -0.4 is 11.1 Å². The molecule has 0 bridgehead atoms. The minimum absolute atomic E-state index is 0.362. The van der Waals surface area contributed by atoms with Crippen LogP contribution in [0.5, 0.6) is 0 Å². The smallest absolute Gasteiger partial charge is 0.248 e. The number of piperidine rings is 1. The summed E-state index contributed by atoms with van der Waals surface area (Å²) in [5.74, 6) is 0.380. The predicted molar refractivity (Wildman–Crippen MR) is 86.1 cm³/mol. The number of nitrogens with zero attached hydrogens (tertiary/aromatic N) is 1. The van der Waals surface area contributed by atoms with Crippen molar-refractivity contribution < 1.29 is 4.79 Å². The number of nitrogens with two attached hydrogens (primary N) is 1. The highest BCUT2D eigenvalue weighted by Gasteiger charge is 2.19. The zero-order valence-electron chi connectivity index (χ0n) is 13.1. The standard InChI is InChI=1S/C17H27N3O/c1-13(2)19-10-15-4-3-9-20(12-15)11-14-5-7-16(8-6-14)17(18)21/h5-8,13,15,19H,3-4,9-12H2,1-2H3,(H2,18,21). The van der Waals surface area contributed by atoms with Gasteiger partial charge in [-0.05, 0) is 49.5 Å². The lowest BCUT2D eigenvalue weighted by atomic mass is 9.97. The van der Waals surface area contributed by atoms with Gasteiger partial charge in [0.05, 0.1) is 0 Å². The molecule has 1 aromatic rings. The lowest BCUT2D eigenvalue weighted by Crippen LogP contribution is -2.40. The summed E-state index contributed by atoms with van der Waals surface area (Å²) in [6, 6.07) is 8.21. The molecule has 0 aliphatic carbocycles. The Labute approximate surface area is 127 Å². The van der Waals surface area contributed by atoms with Gasteiger partial charge in [-0.2, -0.15) is 0 Å². The fraction of sp³-hybridized carbons (Fsp3) is 0.588. The van der Waals surface area contributed by atoms with Crippen molar-refractivity contribution in [1.82, 2.24) is 10.2 Å². The Morgan fingerprint density at radius 3 is 2.71 bits per heavy atom. The zero-order chi connectivity index (χ0) is 15.2. The van der Waals surface area contributed by atoms with Gasteiger partial charge in [-0.25, -0.2) is 0 Å². The number of nitrogens with one attached hydrogen (secondary N) is 1. The number of hydrogen-bond acceptors (Lipinski definition) is 3. The maximum atomic E-state index is 11.1. The van der Waals surface area contributed by atoms with Crippen LogP contribution in [0.25, 0.3) is 0 Å². The monoisotopic (exact) mass is 289 g/mol. The summed E-state index contributed by atoms with van der Waals surface area (Å²) in [5, 5.41) is 3.54. The minimum Gasteiger partial charge on any atom is -0.366 e. The molecule has 1 heterocycles. The van der Waals surface area contributed by atoms with Crippen LogP contribution in [-0.4, -0.2) is 36.5 Å². The van der Waals surface area contributed by atoms with Crippen molar-refractivity contribution in [1.29, 1.82) is 0 Å². The van der Waals surface area contributed by atoms with Crippen LogP contribution in [0.15, 0.2) is 24.3 Å². The first-order chi connectivity index (χ1) is 10.0. The van der Waals surface area contributed by atoms with E-state index in [-0.39, 0.29) is 5.91 Å². The Morgan fingerprint density at radius 2 is 2.10 bits per heavy atom. The molecule has 4 heteroatoms. The summed E-state index contributed by atoms with van der Waals surface area (Å²) < 4.78 is 0. The summed E-state index contributed by atoms with van der Waals surface area (Å²) in [4.78, 5) is 13.6. The van der Waals surface area contributed by atoms with Crippen molar-refractivity contribution in [3.05, 3.63) is 35.4 Å². The average Bonchev–Trinajstić information content (AvgIpc) is 2.46. The van der Waals surface area contributed by atoms with E-state index in [1.54, 1.807) is 0 Å². The molecule has 21 heavy (non-hydrogen) atoms. The van der Waals surface area contributed by atoms with Crippen LogP contribution >= 0.6 is 0 Å². The first-order valence-corrected chi connectivity index (χ1v) is 7.89. The van der Waals surface area contributed by atoms with Crippen molar-refractivity contribution in [2.75, 3.05) is 19.6 Å². The summed E-state index contributed by atoms with van der Waals surface area (Å²) in [6.07, 6.45) is 2.58. The largest absolute Gasteiger partial charge is 0.366 e. The summed E-state index contributed by atoms with van der Waals surface area (Å²) in [7, 11) is 0. The number of rotatable bonds is 6. The number of amides is 1. The number of primary amides is 1. The quantitative estimate of drug-likeness (QED) is 0.842. The van der Waals surface area contributed by atoms with Crippen molar-refractivity contribution in [3.63, 3.8) is 0 Å². The average molecular weight is 289 g/mol. The van der Waals surface area contributed by atoms with E-state index in [0.717, 1.165) is 32.1 Å². The van der Waals surface area contributed by atoms with Gasteiger partial charge in [0.15, 0.2) is 0 Å². The van der Waals surface area contributed by atoms with Crippen molar-refractivity contribution in [2.24, 2.45) is 11.7 Å². The van der Waals surface area contributed by atoms with E-state index in [1.165, 1.54) is 18.4 Å². The summed E-state index contributed by atoms with van der Waals surface area (Å²) in [5.41, 5.74) is 7.10. The maximum absolute atomic E-state index is 11.1. The van der Waals surface area contributed by atoms with Crippen molar-refractivity contribution in [3.8, 4) is 0 Å². The van der Waals surface area contributed by atoms with E-state index in [2.05, 4.69) is 24.1 Å². The van der Waals surface area contributed by atoms with Crippen LogP contribution in [0.3, 0.4) is 0 Å². The van der Waals surface area contributed by atoms with E-state index < -0.39 is 0 Å². The van der Waals surface area contributed by atoms with Gasteiger partial charge in [0.25, 0.3) is 0 Å². The highest BCUT2D eigenvalue weighted by atomic mass is 16.1. The molecule has 1 aliphatic heterocycles. The predicted octanol–water partition coefficient (Wildman–Crippen LogP) is 2.00. The second-order valence-electron chi connectivity index (χ2n) is 6.37. The van der Waals surface area contributed by atoms with Crippen LogP contribution in [0.1, 0.15) is 42.6 Å². The molecule has 0 aromatic heterocycles. The van der Waals surface area contributed by atoms with Gasteiger partial charge in [-0.1, -0.05) is 26.0 Å². The van der Waals surface area contributed by atoms with Crippen molar-refractivity contribution >= 4 is 5.91 Å². The van der Waals surface area contributed by atoms with Gasteiger partial charge < -0.3 is 11.1 Å². The molecule has 1 amide bonds. The van der Waals surface area contributed by atoms with Gasteiger partial charge in [0.1, 0.15) is 0 Å². The Morgan fingerprint density at radius 1 is 1.38 bits per heavy atom. The first-order valence-electron chi connectivity index (χ1n) is 7.89. The third-order valence-electron chi connectivity index (χ3n) is 4.06. The third-order valence-corrected chi connectivity index (χ3v) is 4.06. The third kappa shape index (κ3) is 5.14. The van der Waals surface area contributed by atoms with Crippen LogP contribution in [-0.2, 0) is 6.54 Å². The molecule has 0 saturated carbocycles. The fourth-order valence-corrected chi connectivity index (χ4v) is 2.90. The highest BCUT2D eigenvalue weighted by molar-refractivity contribution is 5.92. The summed E-state index contributed by atoms with van der Waals surface area (Å²) in [6.45, 7) is 8.76. The molecule has 1 unspecified atom stereocenters. The number of benzene rings is 1. The molecule has 0 spiro atoms. The van der Waals surface area contributed by atoms with Gasteiger partial charge in [-0.3, -0.25) is 9.69 Å². The molecule has 1 aliphatic rings. The molecule has 1 aromatic carbocycles. The molecule has 1 saturated heterocycles. The molecular weight excluding hydrogens is 262 g/mol. The zero-order valence-corrected chi connectivity index (χ0v) is 13.1. The van der Waals surface area contributed by atoms with E-state index in [1.807, 2.05) is 24.3 Å². The van der Waals surface area contributed by atoms with E-state index >= 15 is 0 Å². The van der Waals surface area contributed by atoms with Gasteiger partial charge >= 0.3 is 0 Å². The molecule has 1 atom stereocenters. The second-order valence-corrected chi connectivity index (χ2v) is 6.37. The topological polar surface area (TPSA) is 58.4 Å². The normalized spacial score (nSPS) is 19.9. The highest BCUT2D eigenvalue weighted by Crippen LogP contribution is 2.18. The Hall–Kier alpha value is -1.39. The molecule has 116 valence electrons. The van der Waals surface area contributed by atoms with Gasteiger partial charge in [0, 0.05) is 24.7 Å². The Balaban J connectivity index is 1.85. The van der Waals surface area contributed by atoms with Crippen molar-refractivity contribution in [2.45, 2.75) is 39.3 Å². The number of carbonyl (C=O) groups is 1. The molecule has 1 fully saturated rings. The Bertz CT molecular complexity index is 456. The number of carbonyl (C=O) groups excluding carboxylic acids is 1. The van der Waals surface area contributed by atoms with Crippen LogP contribution in [0.4, 0.5) is 0 Å². The maximum Gasteiger partial charge on any atom is 0.248 e. The number of hydrogen-bond donors (Lipinski definition) is 2. The lowest BCUT2D eigenvalue weighted by Gasteiger charge is -2.33. The van der Waals surface area contributed by atoms with E-state index in [4.69, 9.17) is 5.73 Å². The number of likely N-dealkylation sites (tertiary alicyclic amines) is 1. The molecular formula is C17H27N3O. The fourth-order valence-electron chi connectivity index (χ4n) is 2.90. The Kier molecular flexibility index (Phi) is 5.76. The minimum atomic E-state index is -0.362. The molecule has 4 nitrogen and oxygen atoms in total. The van der Waals surface area contributed by atoms with Gasteiger partial charge in [0.2, 0.25) is 5.91 Å². The van der Waals surface area contributed by atoms with E-state index in [9.17, 15) is 4.79 Å². The van der Waals surface area contributed by atoms with E-state index in [0.29, 0.717) is 11.6 Å². The summed E-state index contributed by atoms with van der Waals surface area (Å²) >= 11 is 0. The van der Waals surface area contributed by atoms with Crippen LogP contribution in [0.2, 0.25) is 0 Å². The SMILES string of the molecule is CC(C)NCC1CCCN(Cc2ccc(C(N)=O)cc2)C1. The first kappa shape index (κ1) is 16.0. The van der Waals surface area contributed by atoms with Crippen LogP contribution in [0, 0.1) is 5.92 Å².